The molecule has 120 valence electrons. The summed E-state index contributed by atoms with van der Waals surface area (Å²) in [6, 6.07) is 16.6. The van der Waals surface area contributed by atoms with Crippen molar-refractivity contribution in [3.63, 3.8) is 0 Å². The van der Waals surface area contributed by atoms with E-state index >= 15 is 0 Å². The Kier molecular flexibility index (Phi) is 6.73. The summed E-state index contributed by atoms with van der Waals surface area (Å²) in [5, 5.41) is 0. The smallest absolute Gasteiger partial charge is 0.185 e. The average molecular weight is 316 g/mol. The van der Waals surface area contributed by atoms with Gasteiger partial charge in [0.15, 0.2) is 11.6 Å². The highest BCUT2D eigenvalue weighted by Crippen LogP contribution is 2.05. The van der Waals surface area contributed by atoms with Gasteiger partial charge in [0.25, 0.3) is 0 Å². The van der Waals surface area contributed by atoms with Gasteiger partial charge in [0.2, 0.25) is 0 Å². The standard InChI is InChI=1S/C22H20O2/c1-18(23)20-16-14-19(15-17-20)10-6-3-2-4-9-13-22(24)21-11-7-5-8-12-21/h5,7-9,11-17H,2-4H2,1H3/b13-9+. The number of benzene rings is 2. The third-order valence-corrected chi connectivity index (χ3v) is 3.52. The fourth-order valence-corrected chi connectivity index (χ4v) is 2.15. The molecule has 2 aromatic carbocycles. The van der Waals surface area contributed by atoms with Crippen molar-refractivity contribution in [1.82, 2.24) is 0 Å². The summed E-state index contributed by atoms with van der Waals surface area (Å²) in [6.07, 6.45) is 6.05. The molecule has 0 fully saturated rings. The normalized spacial score (nSPS) is 10.2. The molecule has 0 saturated carbocycles. The number of rotatable bonds is 6. The number of hydrogen-bond donors (Lipinski definition) is 0. The maximum absolute atomic E-state index is 11.9. The number of unbranched alkanes of at least 4 members (excludes halogenated alkanes) is 2. The van der Waals surface area contributed by atoms with Crippen molar-refractivity contribution >= 4 is 11.6 Å². The van der Waals surface area contributed by atoms with Gasteiger partial charge in [-0.3, -0.25) is 9.59 Å². The van der Waals surface area contributed by atoms with Gasteiger partial charge in [-0.05, 0) is 38.0 Å². The molecule has 2 rings (SSSR count). The number of carbonyl (C=O) groups excluding carboxylic acids is 2. The second-order valence-corrected chi connectivity index (χ2v) is 5.46. The summed E-state index contributed by atoms with van der Waals surface area (Å²) >= 11 is 0. The van der Waals surface area contributed by atoms with Crippen molar-refractivity contribution in [2.45, 2.75) is 26.2 Å². The van der Waals surface area contributed by atoms with Crippen molar-refractivity contribution in [3.8, 4) is 11.8 Å². The van der Waals surface area contributed by atoms with E-state index < -0.39 is 0 Å². The molecule has 0 saturated heterocycles. The van der Waals surface area contributed by atoms with Gasteiger partial charge in [0.05, 0.1) is 0 Å². The van der Waals surface area contributed by atoms with Crippen LogP contribution in [0, 0.1) is 11.8 Å². The maximum Gasteiger partial charge on any atom is 0.185 e. The van der Waals surface area contributed by atoms with E-state index in [0.717, 1.165) is 24.8 Å². The van der Waals surface area contributed by atoms with Crippen LogP contribution in [0.2, 0.25) is 0 Å². The molecule has 0 N–H and O–H groups in total. The van der Waals surface area contributed by atoms with E-state index in [0.29, 0.717) is 11.1 Å². The van der Waals surface area contributed by atoms with Crippen molar-refractivity contribution in [3.05, 3.63) is 83.4 Å². The van der Waals surface area contributed by atoms with Gasteiger partial charge in [-0.2, -0.15) is 0 Å². The minimum absolute atomic E-state index is 0.0345. The van der Waals surface area contributed by atoms with Crippen LogP contribution in [0.5, 0.6) is 0 Å². The van der Waals surface area contributed by atoms with E-state index in [-0.39, 0.29) is 11.6 Å². The molecule has 0 aliphatic carbocycles. The zero-order valence-electron chi connectivity index (χ0n) is 13.8. The minimum Gasteiger partial charge on any atom is -0.295 e. The predicted molar refractivity (Wildman–Crippen MR) is 97.1 cm³/mol. The van der Waals surface area contributed by atoms with Gasteiger partial charge >= 0.3 is 0 Å². The largest absolute Gasteiger partial charge is 0.295 e. The Balaban J connectivity index is 1.73. The highest BCUT2D eigenvalue weighted by atomic mass is 16.1. The van der Waals surface area contributed by atoms with Gasteiger partial charge in [0, 0.05) is 23.1 Å². The van der Waals surface area contributed by atoms with Crippen LogP contribution in [0.15, 0.2) is 66.7 Å². The van der Waals surface area contributed by atoms with E-state index in [1.165, 1.54) is 0 Å². The third-order valence-electron chi connectivity index (χ3n) is 3.52. The van der Waals surface area contributed by atoms with E-state index in [1.54, 1.807) is 25.1 Å². The van der Waals surface area contributed by atoms with E-state index in [4.69, 9.17) is 0 Å². The highest BCUT2D eigenvalue weighted by molar-refractivity contribution is 6.04. The maximum atomic E-state index is 11.9. The first-order chi connectivity index (χ1) is 11.7. The molecule has 0 aromatic heterocycles. The summed E-state index contributed by atoms with van der Waals surface area (Å²) in [5.41, 5.74) is 2.33. The van der Waals surface area contributed by atoms with E-state index in [2.05, 4.69) is 11.8 Å². The van der Waals surface area contributed by atoms with Gasteiger partial charge in [0.1, 0.15) is 0 Å². The lowest BCUT2D eigenvalue weighted by Gasteiger charge is -1.95. The molecule has 2 aromatic rings. The molecule has 0 radical (unpaired) electrons. The molecule has 0 aliphatic heterocycles. The van der Waals surface area contributed by atoms with Gasteiger partial charge < -0.3 is 0 Å². The molecule has 0 spiro atoms. The molecule has 0 unspecified atom stereocenters. The average Bonchev–Trinajstić information content (AvgIpc) is 2.62. The Labute approximate surface area is 143 Å². The molecule has 0 atom stereocenters. The van der Waals surface area contributed by atoms with Crippen LogP contribution < -0.4 is 0 Å². The molecule has 0 bridgehead atoms. The van der Waals surface area contributed by atoms with Crippen LogP contribution in [-0.4, -0.2) is 11.6 Å². The van der Waals surface area contributed by atoms with Crippen LogP contribution in [0.4, 0.5) is 0 Å². The number of carbonyl (C=O) groups is 2. The molecule has 2 nitrogen and oxygen atoms in total. The van der Waals surface area contributed by atoms with Crippen LogP contribution in [0.1, 0.15) is 52.5 Å². The Bertz CT molecular complexity index is 772. The topological polar surface area (TPSA) is 34.1 Å². The third kappa shape index (κ3) is 5.70. The van der Waals surface area contributed by atoms with Crippen molar-refractivity contribution in [1.29, 1.82) is 0 Å². The number of Topliss-reactive ketones (excluding diaryl/α,β-unsaturated/α-hetero) is 1. The SMILES string of the molecule is CC(=O)c1ccc(C#CCCC/C=C/C(=O)c2ccccc2)cc1. The summed E-state index contributed by atoms with van der Waals surface area (Å²) in [7, 11) is 0. The summed E-state index contributed by atoms with van der Waals surface area (Å²) in [6.45, 7) is 1.55. The second kappa shape index (κ2) is 9.27. The molecular formula is C22H20O2. The second-order valence-electron chi connectivity index (χ2n) is 5.46. The lowest BCUT2D eigenvalue weighted by molar-refractivity contribution is 0.101. The summed E-state index contributed by atoms with van der Waals surface area (Å²) < 4.78 is 0. The zero-order chi connectivity index (χ0) is 17.2. The van der Waals surface area contributed by atoms with Gasteiger partial charge in [-0.1, -0.05) is 60.4 Å². The van der Waals surface area contributed by atoms with Crippen molar-refractivity contribution in [2.75, 3.05) is 0 Å². The molecule has 0 amide bonds. The monoisotopic (exact) mass is 316 g/mol. The lowest BCUT2D eigenvalue weighted by atomic mass is 10.1. The van der Waals surface area contributed by atoms with Crippen molar-refractivity contribution in [2.24, 2.45) is 0 Å². The molecule has 2 heteroatoms. The van der Waals surface area contributed by atoms with Crippen molar-refractivity contribution < 1.29 is 9.59 Å². The molecule has 24 heavy (non-hydrogen) atoms. The lowest BCUT2D eigenvalue weighted by Crippen LogP contribution is -1.92. The molecule has 0 aliphatic rings. The first-order valence-corrected chi connectivity index (χ1v) is 8.02. The molecule has 0 heterocycles. The Morgan fingerprint density at radius 2 is 1.67 bits per heavy atom. The first-order valence-electron chi connectivity index (χ1n) is 8.02. The minimum atomic E-state index is 0.0345. The predicted octanol–water partition coefficient (Wildman–Crippen LogP) is 4.85. The fraction of sp³-hybridized carbons (Fsp3) is 0.182. The summed E-state index contributed by atoms with van der Waals surface area (Å²) in [5.74, 6) is 6.30. The number of hydrogen-bond acceptors (Lipinski definition) is 2. The molecular weight excluding hydrogens is 296 g/mol. The van der Waals surface area contributed by atoms with Crippen LogP contribution in [0.3, 0.4) is 0 Å². The van der Waals surface area contributed by atoms with Gasteiger partial charge in [-0.25, -0.2) is 0 Å². The summed E-state index contributed by atoms with van der Waals surface area (Å²) in [4.78, 5) is 23.0. The fourth-order valence-electron chi connectivity index (χ4n) is 2.15. The highest BCUT2D eigenvalue weighted by Gasteiger charge is 1.98. The van der Waals surface area contributed by atoms with Crippen LogP contribution in [0.25, 0.3) is 0 Å². The first kappa shape index (κ1) is 17.4. The van der Waals surface area contributed by atoms with E-state index in [1.807, 2.05) is 48.5 Å². The van der Waals surface area contributed by atoms with Gasteiger partial charge in [-0.15, -0.1) is 0 Å². The quantitative estimate of drug-likeness (QED) is 0.330. The van der Waals surface area contributed by atoms with E-state index in [9.17, 15) is 9.59 Å². The Morgan fingerprint density at radius 3 is 2.33 bits per heavy atom. The van der Waals surface area contributed by atoms with Crippen LogP contribution >= 0.6 is 0 Å². The number of allylic oxidation sites excluding steroid dienone is 2. The number of ketones is 2. The van der Waals surface area contributed by atoms with Crippen LogP contribution in [-0.2, 0) is 0 Å². The zero-order valence-corrected chi connectivity index (χ0v) is 13.8. The Hall–Kier alpha value is -2.92. The Morgan fingerprint density at radius 1 is 0.958 bits per heavy atom.